The fourth-order valence-electron chi connectivity index (χ4n) is 3.75. The van der Waals surface area contributed by atoms with Gasteiger partial charge in [0, 0.05) is 24.5 Å². The van der Waals surface area contributed by atoms with Crippen LogP contribution in [0.4, 0.5) is 0 Å². The highest BCUT2D eigenvalue weighted by Crippen LogP contribution is 2.26. The number of carbonyl (C=O) groups is 1. The smallest absolute Gasteiger partial charge is 0.257 e. The molecular formula is C27H28ClN3O4. The Bertz CT molecular complexity index is 1260. The van der Waals surface area contributed by atoms with E-state index < -0.39 is 0 Å². The van der Waals surface area contributed by atoms with Crippen molar-refractivity contribution in [1.29, 1.82) is 0 Å². The number of amides is 1. The fourth-order valence-corrected chi connectivity index (χ4v) is 3.88. The van der Waals surface area contributed by atoms with E-state index in [4.69, 9.17) is 30.8 Å². The molecule has 3 aromatic carbocycles. The highest BCUT2D eigenvalue weighted by molar-refractivity contribution is 6.30. The molecule has 0 saturated heterocycles. The molecule has 0 aliphatic rings. The lowest BCUT2D eigenvalue weighted by Gasteiger charge is -2.12. The van der Waals surface area contributed by atoms with Crippen LogP contribution in [0.2, 0.25) is 5.02 Å². The average Bonchev–Trinajstić information content (AvgIpc) is 3.23. The van der Waals surface area contributed by atoms with Crippen molar-refractivity contribution in [2.75, 3.05) is 26.9 Å². The molecular weight excluding hydrogens is 466 g/mol. The van der Waals surface area contributed by atoms with Gasteiger partial charge in [0.05, 0.1) is 24.8 Å². The molecule has 0 bridgehead atoms. The molecule has 1 aromatic heterocycles. The van der Waals surface area contributed by atoms with Gasteiger partial charge in [-0.1, -0.05) is 35.9 Å². The number of nitrogens with zero attached hydrogens (tertiary/aromatic N) is 2. The van der Waals surface area contributed by atoms with Gasteiger partial charge in [0.2, 0.25) is 0 Å². The van der Waals surface area contributed by atoms with Gasteiger partial charge in [-0.25, -0.2) is 4.98 Å². The first-order valence-electron chi connectivity index (χ1n) is 11.5. The van der Waals surface area contributed by atoms with Crippen molar-refractivity contribution in [3.8, 4) is 17.2 Å². The summed E-state index contributed by atoms with van der Waals surface area (Å²) in [6, 6.07) is 22.6. The molecule has 182 valence electrons. The fraction of sp³-hybridized carbons (Fsp3) is 0.259. The summed E-state index contributed by atoms with van der Waals surface area (Å²) in [6.45, 7) is 1.70. The van der Waals surface area contributed by atoms with Crippen LogP contribution in [0.1, 0.15) is 12.2 Å². The van der Waals surface area contributed by atoms with Gasteiger partial charge >= 0.3 is 0 Å². The van der Waals surface area contributed by atoms with E-state index in [1.165, 1.54) is 0 Å². The molecule has 35 heavy (non-hydrogen) atoms. The Morgan fingerprint density at radius 2 is 1.71 bits per heavy atom. The lowest BCUT2D eigenvalue weighted by atomic mass is 10.3. The maximum Gasteiger partial charge on any atom is 0.257 e. The Labute approximate surface area is 209 Å². The second kappa shape index (κ2) is 12.1. The number of fused-ring (bicyclic) bond motifs is 1. The minimum absolute atomic E-state index is 0.0572. The van der Waals surface area contributed by atoms with Crippen LogP contribution in [0.3, 0.4) is 0 Å². The summed E-state index contributed by atoms with van der Waals surface area (Å²) in [6.07, 6.45) is 1.40. The van der Waals surface area contributed by atoms with E-state index in [0.717, 1.165) is 41.3 Å². The number of methoxy groups -OCH3 is 1. The van der Waals surface area contributed by atoms with Crippen LogP contribution in [-0.2, 0) is 17.8 Å². The molecule has 0 radical (unpaired) electrons. The third-order valence-corrected chi connectivity index (χ3v) is 5.69. The molecule has 1 amide bonds. The zero-order valence-corrected chi connectivity index (χ0v) is 20.3. The highest BCUT2D eigenvalue weighted by Gasteiger charge is 2.11. The molecule has 0 fully saturated rings. The molecule has 0 aliphatic heterocycles. The van der Waals surface area contributed by atoms with E-state index in [-0.39, 0.29) is 12.5 Å². The van der Waals surface area contributed by atoms with Crippen molar-refractivity contribution < 1.29 is 19.0 Å². The summed E-state index contributed by atoms with van der Waals surface area (Å²) in [4.78, 5) is 17.0. The Morgan fingerprint density at radius 3 is 2.51 bits per heavy atom. The van der Waals surface area contributed by atoms with Gasteiger partial charge in [0.1, 0.15) is 11.6 Å². The molecule has 1 heterocycles. The number of rotatable bonds is 12. The Hall–Kier alpha value is -3.71. The SMILES string of the molecule is COc1ccccc1OCCCn1c(CCNC(=O)COc2ccc(Cl)cc2)nc2ccccc21. The van der Waals surface area contributed by atoms with Gasteiger partial charge < -0.3 is 24.1 Å². The Morgan fingerprint density at radius 1 is 0.971 bits per heavy atom. The quantitative estimate of drug-likeness (QED) is 0.284. The van der Waals surface area contributed by atoms with Crippen molar-refractivity contribution in [2.45, 2.75) is 19.4 Å². The molecule has 0 unspecified atom stereocenters. The molecule has 0 saturated carbocycles. The maximum atomic E-state index is 12.2. The third-order valence-electron chi connectivity index (χ3n) is 5.44. The number of carbonyl (C=O) groups excluding carboxylic acids is 1. The molecule has 0 aliphatic carbocycles. The van der Waals surface area contributed by atoms with Gasteiger partial charge in [-0.05, 0) is 55.0 Å². The molecule has 8 heteroatoms. The molecule has 0 atom stereocenters. The Kier molecular flexibility index (Phi) is 8.46. The summed E-state index contributed by atoms with van der Waals surface area (Å²) in [7, 11) is 1.63. The normalized spacial score (nSPS) is 10.8. The lowest BCUT2D eigenvalue weighted by molar-refractivity contribution is -0.123. The van der Waals surface area contributed by atoms with E-state index in [0.29, 0.717) is 30.3 Å². The van der Waals surface area contributed by atoms with Gasteiger partial charge in [-0.3, -0.25) is 4.79 Å². The average molecular weight is 494 g/mol. The minimum atomic E-state index is -0.187. The number of aryl methyl sites for hydroxylation is 1. The zero-order valence-electron chi connectivity index (χ0n) is 19.6. The number of halogens is 1. The monoisotopic (exact) mass is 493 g/mol. The standard InChI is InChI=1S/C27H28ClN3O4/c1-33-24-9-4-5-10-25(24)34-18-6-17-31-23-8-3-2-7-22(23)30-26(31)15-16-29-27(32)19-35-21-13-11-20(28)12-14-21/h2-5,7-14H,6,15-19H2,1H3,(H,29,32). The van der Waals surface area contributed by atoms with Crippen molar-refractivity contribution in [2.24, 2.45) is 0 Å². The summed E-state index contributed by atoms with van der Waals surface area (Å²) >= 11 is 5.87. The summed E-state index contributed by atoms with van der Waals surface area (Å²) < 4.78 is 19.0. The van der Waals surface area contributed by atoms with Crippen LogP contribution < -0.4 is 19.5 Å². The number of hydrogen-bond donors (Lipinski definition) is 1. The van der Waals surface area contributed by atoms with Crippen LogP contribution in [0.15, 0.2) is 72.8 Å². The maximum absolute atomic E-state index is 12.2. The van der Waals surface area contributed by atoms with Crippen molar-refractivity contribution >= 4 is 28.5 Å². The van der Waals surface area contributed by atoms with E-state index in [9.17, 15) is 4.79 Å². The van der Waals surface area contributed by atoms with E-state index >= 15 is 0 Å². The number of benzene rings is 3. The van der Waals surface area contributed by atoms with Crippen molar-refractivity contribution in [3.63, 3.8) is 0 Å². The van der Waals surface area contributed by atoms with E-state index in [1.54, 1.807) is 31.4 Å². The predicted octanol–water partition coefficient (Wildman–Crippen LogP) is 4.91. The van der Waals surface area contributed by atoms with Gasteiger partial charge in [-0.2, -0.15) is 0 Å². The number of imidazole rings is 1. The number of aromatic nitrogens is 2. The van der Waals surface area contributed by atoms with Crippen LogP contribution in [0.5, 0.6) is 17.2 Å². The van der Waals surface area contributed by atoms with Crippen LogP contribution in [-0.4, -0.2) is 42.3 Å². The van der Waals surface area contributed by atoms with Crippen LogP contribution >= 0.6 is 11.6 Å². The highest BCUT2D eigenvalue weighted by atomic mass is 35.5. The van der Waals surface area contributed by atoms with Gasteiger partial charge in [0.15, 0.2) is 18.1 Å². The third kappa shape index (κ3) is 6.67. The molecule has 4 aromatic rings. The van der Waals surface area contributed by atoms with Crippen molar-refractivity contribution in [1.82, 2.24) is 14.9 Å². The van der Waals surface area contributed by atoms with Crippen LogP contribution in [0, 0.1) is 0 Å². The number of nitrogens with one attached hydrogen (secondary N) is 1. The largest absolute Gasteiger partial charge is 0.493 e. The van der Waals surface area contributed by atoms with E-state index in [2.05, 4.69) is 16.0 Å². The Balaban J connectivity index is 1.30. The molecule has 7 nitrogen and oxygen atoms in total. The number of hydrogen-bond acceptors (Lipinski definition) is 5. The first-order valence-corrected chi connectivity index (χ1v) is 11.9. The van der Waals surface area contributed by atoms with Gasteiger partial charge in [-0.15, -0.1) is 0 Å². The topological polar surface area (TPSA) is 74.6 Å². The number of ether oxygens (including phenoxy) is 3. The molecule has 0 spiro atoms. The van der Waals surface area contributed by atoms with Crippen molar-refractivity contribution in [3.05, 3.63) is 83.6 Å². The second-order valence-corrected chi connectivity index (χ2v) is 8.30. The minimum Gasteiger partial charge on any atom is -0.493 e. The summed E-state index contributed by atoms with van der Waals surface area (Å²) in [5.41, 5.74) is 2.00. The summed E-state index contributed by atoms with van der Waals surface area (Å²) in [5.74, 6) is 2.78. The second-order valence-electron chi connectivity index (χ2n) is 7.86. The summed E-state index contributed by atoms with van der Waals surface area (Å²) in [5, 5.41) is 3.53. The zero-order chi connectivity index (χ0) is 24.5. The first-order chi connectivity index (χ1) is 17.1. The van der Waals surface area contributed by atoms with Gasteiger partial charge in [0.25, 0.3) is 5.91 Å². The number of para-hydroxylation sites is 4. The first kappa shape index (κ1) is 24.4. The molecule has 4 rings (SSSR count). The lowest BCUT2D eigenvalue weighted by Crippen LogP contribution is -2.31. The van der Waals surface area contributed by atoms with E-state index in [1.807, 2.05) is 42.5 Å². The van der Waals surface area contributed by atoms with Crippen LogP contribution in [0.25, 0.3) is 11.0 Å². The molecule has 1 N–H and O–H groups in total. The predicted molar refractivity (Wildman–Crippen MR) is 136 cm³/mol.